The minimum absolute atomic E-state index is 0.0481. The van der Waals surface area contributed by atoms with Gasteiger partial charge in [0.05, 0.1) is 12.2 Å². The molecule has 0 aromatic heterocycles. The third-order valence-corrected chi connectivity index (χ3v) is 4.59. The Morgan fingerprint density at radius 3 is 2.79 bits per heavy atom. The molecule has 3 unspecified atom stereocenters. The van der Waals surface area contributed by atoms with Crippen LogP contribution in [0, 0.1) is 5.92 Å². The van der Waals surface area contributed by atoms with E-state index in [2.05, 4.69) is 0 Å². The predicted octanol–water partition coefficient (Wildman–Crippen LogP) is 2.35. The summed E-state index contributed by atoms with van der Waals surface area (Å²) in [7, 11) is 0. The van der Waals surface area contributed by atoms with Crippen LogP contribution in [-0.4, -0.2) is 43.4 Å². The van der Waals surface area contributed by atoms with Crippen molar-refractivity contribution in [3.8, 4) is 0 Å². The second-order valence-corrected chi connectivity index (χ2v) is 5.91. The second-order valence-electron chi connectivity index (χ2n) is 5.91. The van der Waals surface area contributed by atoms with Crippen LogP contribution in [0.25, 0.3) is 0 Å². The fourth-order valence-electron chi connectivity index (χ4n) is 3.21. The summed E-state index contributed by atoms with van der Waals surface area (Å²) in [5.74, 6) is 0.290. The van der Waals surface area contributed by atoms with E-state index in [0.29, 0.717) is 19.8 Å². The molecule has 19 heavy (non-hydrogen) atoms. The first-order chi connectivity index (χ1) is 9.05. The Balaban J connectivity index is 2.06. The lowest BCUT2D eigenvalue weighted by atomic mass is 9.77. The first kappa shape index (κ1) is 14.9. The molecule has 2 aliphatic rings. The lowest BCUT2D eigenvalue weighted by Crippen LogP contribution is -2.48. The summed E-state index contributed by atoms with van der Waals surface area (Å²) in [4.78, 5) is 12.8. The molecule has 3 atom stereocenters. The van der Waals surface area contributed by atoms with Gasteiger partial charge in [-0.2, -0.15) is 0 Å². The minimum Gasteiger partial charge on any atom is -0.378 e. The highest BCUT2D eigenvalue weighted by Gasteiger charge is 2.46. The van der Waals surface area contributed by atoms with Crippen molar-refractivity contribution in [3.05, 3.63) is 0 Å². The molecule has 0 radical (unpaired) electrons. The largest absolute Gasteiger partial charge is 0.378 e. The van der Waals surface area contributed by atoms with Crippen LogP contribution in [0.1, 0.15) is 46.5 Å². The van der Waals surface area contributed by atoms with E-state index in [-0.39, 0.29) is 17.3 Å². The zero-order chi connectivity index (χ0) is 13.9. The first-order valence-electron chi connectivity index (χ1n) is 7.45. The molecule has 0 bridgehead atoms. The Bertz CT molecular complexity index is 322. The number of carbonyl (C=O) groups excluding carboxylic acids is 1. The van der Waals surface area contributed by atoms with E-state index in [1.54, 1.807) is 0 Å². The molecule has 2 saturated heterocycles. The van der Waals surface area contributed by atoms with Crippen LogP contribution in [0.5, 0.6) is 0 Å². The van der Waals surface area contributed by atoms with Crippen molar-refractivity contribution < 1.29 is 19.0 Å². The van der Waals surface area contributed by atoms with Crippen LogP contribution in [0.2, 0.25) is 0 Å². The van der Waals surface area contributed by atoms with Gasteiger partial charge in [0.15, 0.2) is 5.78 Å². The Morgan fingerprint density at radius 2 is 2.21 bits per heavy atom. The summed E-state index contributed by atoms with van der Waals surface area (Å²) >= 11 is 0. The number of rotatable bonds is 5. The predicted molar refractivity (Wildman–Crippen MR) is 72.2 cm³/mol. The van der Waals surface area contributed by atoms with Gasteiger partial charge in [0.1, 0.15) is 5.60 Å². The quantitative estimate of drug-likeness (QED) is 0.769. The Morgan fingerprint density at radius 1 is 1.42 bits per heavy atom. The smallest absolute Gasteiger partial charge is 0.167 e. The normalized spacial score (nSPS) is 34.4. The van der Waals surface area contributed by atoms with Gasteiger partial charge in [-0.1, -0.05) is 6.92 Å². The molecule has 0 aliphatic carbocycles. The van der Waals surface area contributed by atoms with Crippen molar-refractivity contribution in [1.82, 2.24) is 0 Å². The number of ketones is 1. The van der Waals surface area contributed by atoms with Crippen molar-refractivity contribution in [2.75, 3.05) is 26.4 Å². The number of hydrogen-bond acceptors (Lipinski definition) is 4. The first-order valence-corrected chi connectivity index (χ1v) is 7.45. The molecule has 0 aromatic rings. The maximum atomic E-state index is 12.8. The van der Waals surface area contributed by atoms with Gasteiger partial charge in [-0.05, 0) is 33.1 Å². The Kier molecular flexibility index (Phi) is 4.64. The molecule has 2 rings (SSSR count). The highest BCUT2D eigenvalue weighted by atomic mass is 16.6. The molecule has 0 N–H and O–H groups in total. The van der Waals surface area contributed by atoms with Crippen LogP contribution in [0.4, 0.5) is 0 Å². The number of Topliss-reactive ketones (excluding diaryl/α,β-unsaturated/α-hetero) is 1. The van der Waals surface area contributed by atoms with Gasteiger partial charge in [-0.15, -0.1) is 0 Å². The second kappa shape index (κ2) is 5.90. The maximum absolute atomic E-state index is 12.8. The molecular weight excluding hydrogens is 244 g/mol. The molecule has 110 valence electrons. The summed E-state index contributed by atoms with van der Waals surface area (Å²) in [6.07, 6.45) is 3.23. The zero-order valence-corrected chi connectivity index (χ0v) is 12.4. The molecule has 0 saturated carbocycles. The van der Waals surface area contributed by atoms with Crippen LogP contribution in [0.15, 0.2) is 0 Å². The molecule has 0 aromatic carbocycles. The van der Waals surface area contributed by atoms with Crippen molar-refractivity contribution in [1.29, 1.82) is 0 Å². The average molecular weight is 270 g/mol. The topological polar surface area (TPSA) is 44.8 Å². The monoisotopic (exact) mass is 270 g/mol. The van der Waals surface area contributed by atoms with E-state index in [4.69, 9.17) is 14.2 Å². The molecular formula is C15H26O4. The summed E-state index contributed by atoms with van der Waals surface area (Å²) < 4.78 is 17.1. The molecule has 2 heterocycles. The zero-order valence-electron chi connectivity index (χ0n) is 12.4. The van der Waals surface area contributed by atoms with E-state index in [1.807, 2.05) is 20.8 Å². The number of ether oxygens (including phenoxy) is 3. The summed E-state index contributed by atoms with van der Waals surface area (Å²) in [5.41, 5.74) is -0.850. The van der Waals surface area contributed by atoms with Gasteiger partial charge in [0.25, 0.3) is 0 Å². The SMILES string of the molecule is CCOC(C)(CC)C(=O)C1CCOC2(CCOC2)C1. The number of hydrogen-bond donors (Lipinski definition) is 0. The van der Waals surface area contributed by atoms with Crippen molar-refractivity contribution in [3.63, 3.8) is 0 Å². The fourth-order valence-corrected chi connectivity index (χ4v) is 3.21. The molecule has 1 spiro atoms. The molecule has 0 amide bonds. The van der Waals surface area contributed by atoms with E-state index in [9.17, 15) is 4.79 Å². The van der Waals surface area contributed by atoms with Crippen LogP contribution >= 0.6 is 0 Å². The Labute approximate surface area is 115 Å². The highest BCUT2D eigenvalue weighted by molar-refractivity contribution is 5.89. The van der Waals surface area contributed by atoms with Gasteiger partial charge in [-0.25, -0.2) is 0 Å². The molecule has 4 heteroatoms. The lowest BCUT2D eigenvalue weighted by Gasteiger charge is -2.39. The standard InChI is InChI=1S/C15H26O4/c1-4-14(3,18-5-2)13(16)12-6-8-19-15(10-12)7-9-17-11-15/h12H,4-11H2,1-3H3. The van der Waals surface area contributed by atoms with E-state index in [1.165, 1.54) is 0 Å². The highest BCUT2D eigenvalue weighted by Crippen LogP contribution is 2.38. The summed E-state index contributed by atoms with van der Waals surface area (Å²) in [6, 6.07) is 0. The van der Waals surface area contributed by atoms with E-state index in [0.717, 1.165) is 32.3 Å². The maximum Gasteiger partial charge on any atom is 0.167 e. The van der Waals surface area contributed by atoms with Gasteiger partial charge in [-0.3, -0.25) is 4.79 Å². The van der Waals surface area contributed by atoms with Gasteiger partial charge in [0, 0.05) is 32.2 Å². The average Bonchev–Trinajstić information content (AvgIpc) is 2.86. The molecule has 4 nitrogen and oxygen atoms in total. The van der Waals surface area contributed by atoms with Crippen molar-refractivity contribution in [2.45, 2.75) is 57.7 Å². The fraction of sp³-hybridized carbons (Fsp3) is 0.933. The lowest BCUT2D eigenvalue weighted by molar-refractivity contribution is -0.158. The van der Waals surface area contributed by atoms with Gasteiger partial charge < -0.3 is 14.2 Å². The van der Waals surface area contributed by atoms with Gasteiger partial charge >= 0.3 is 0 Å². The van der Waals surface area contributed by atoms with Crippen LogP contribution < -0.4 is 0 Å². The van der Waals surface area contributed by atoms with Crippen molar-refractivity contribution >= 4 is 5.78 Å². The van der Waals surface area contributed by atoms with E-state index < -0.39 is 5.60 Å². The van der Waals surface area contributed by atoms with E-state index >= 15 is 0 Å². The minimum atomic E-state index is -0.641. The third-order valence-electron chi connectivity index (χ3n) is 4.59. The summed E-state index contributed by atoms with van der Waals surface area (Å²) in [6.45, 7) is 8.50. The Hall–Kier alpha value is -0.450. The molecule has 2 aliphatic heterocycles. The summed E-state index contributed by atoms with van der Waals surface area (Å²) in [5, 5.41) is 0. The molecule has 2 fully saturated rings. The van der Waals surface area contributed by atoms with Crippen LogP contribution in [0.3, 0.4) is 0 Å². The van der Waals surface area contributed by atoms with Crippen LogP contribution in [-0.2, 0) is 19.0 Å². The number of carbonyl (C=O) groups is 1. The van der Waals surface area contributed by atoms with Gasteiger partial charge in [0.2, 0.25) is 0 Å². The third kappa shape index (κ3) is 3.01. The van der Waals surface area contributed by atoms with Crippen molar-refractivity contribution in [2.24, 2.45) is 5.92 Å².